The maximum absolute atomic E-state index is 13.7. The average molecular weight is 267 g/mol. The van der Waals surface area contributed by atoms with Gasteiger partial charge in [-0.25, -0.2) is 8.78 Å². The van der Waals surface area contributed by atoms with Crippen LogP contribution in [0.1, 0.15) is 22.9 Å². The van der Waals surface area contributed by atoms with Gasteiger partial charge >= 0.3 is 0 Å². The molecule has 0 spiro atoms. The number of halogens is 2. The van der Waals surface area contributed by atoms with Crippen LogP contribution >= 0.6 is 11.3 Å². The fourth-order valence-electron chi connectivity index (χ4n) is 1.98. The summed E-state index contributed by atoms with van der Waals surface area (Å²) < 4.78 is 26.5. The van der Waals surface area contributed by atoms with Gasteiger partial charge in [-0.05, 0) is 37.4 Å². The molecule has 0 aliphatic heterocycles. The van der Waals surface area contributed by atoms with Gasteiger partial charge in [0, 0.05) is 22.5 Å². The molecule has 4 heteroatoms. The zero-order valence-electron chi connectivity index (χ0n) is 10.1. The molecule has 1 atom stereocenters. The van der Waals surface area contributed by atoms with Gasteiger partial charge in [0.05, 0.1) is 0 Å². The molecule has 18 heavy (non-hydrogen) atoms. The highest BCUT2D eigenvalue weighted by atomic mass is 32.1. The van der Waals surface area contributed by atoms with Gasteiger partial charge in [0.25, 0.3) is 0 Å². The third-order valence-corrected chi connectivity index (χ3v) is 3.88. The van der Waals surface area contributed by atoms with Crippen molar-refractivity contribution in [3.63, 3.8) is 0 Å². The van der Waals surface area contributed by atoms with Crippen LogP contribution in [0.5, 0.6) is 0 Å². The molecule has 0 saturated heterocycles. The van der Waals surface area contributed by atoms with Gasteiger partial charge in [-0.1, -0.05) is 12.1 Å². The summed E-state index contributed by atoms with van der Waals surface area (Å²) in [4.78, 5) is 1.28. The number of nitrogens with one attached hydrogen (secondary N) is 1. The van der Waals surface area contributed by atoms with Gasteiger partial charge in [-0.3, -0.25) is 0 Å². The Kier molecular flexibility index (Phi) is 4.44. The molecule has 0 amide bonds. The Balaban J connectivity index is 2.08. The molecule has 1 unspecified atom stereocenters. The molecule has 1 N–H and O–H groups in total. The van der Waals surface area contributed by atoms with Gasteiger partial charge in [0.15, 0.2) is 0 Å². The molecule has 0 fully saturated rings. The minimum absolute atomic E-state index is 0.0901. The second-order valence-electron chi connectivity index (χ2n) is 4.13. The van der Waals surface area contributed by atoms with E-state index in [1.165, 1.54) is 17.0 Å². The first-order valence-electron chi connectivity index (χ1n) is 5.85. The van der Waals surface area contributed by atoms with Crippen molar-refractivity contribution in [3.05, 3.63) is 57.8 Å². The van der Waals surface area contributed by atoms with Crippen molar-refractivity contribution in [1.82, 2.24) is 5.32 Å². The van der Waals surface area contributed by atoms with Crippen LogP contribution in [0.25, 0.3) is 0 Å². The molecule has 0 aliphatic carbocycles. The van der Waals surface area contributed by atoms with Crippen molar-refractivity contribution in [2.45, 2.75) is 18.9 Å². The van der Waals surface area contributed by atoms with E-state index in [1.54, 1.807) is 18.4 Å². The molecule has 2 rings (SSSR count). The Hall–Kier alpha value is -1.26. The van der Waals surface area contributed by atoms with Gasteiger partial charge in [-0.2, -0.15) is 0 Å². The summed E-state index contributed by atoms with van der Waals surface area (Å²) in [5.41, 5.74) is 0.524. The first-order chi connectivity index (χ1) is 8.70. The largest absolute Gasteiger partial charge is 0.313 e. The van der Waals surface area contributed by atoms with E-state index in [0.29, 0.717) is 5.56 Å². The van der Waals surface area contributed by atoms with Crippen molar-refractivity contribution in [2.24, 2.45) is 0 Å². The minimum atomic E-state index is -0.538. The summed E-state index contributed by atoms with van der Waals surface area (Å²) in [6, 6.07) is 7.73. The lowest BCUT2D eigenvalue weighted by molar-refractivity contribution is 0.502. The van der Waals surface area contributed by atoms with Crippen molar-refractivity contribution >= 4 is 11.3 Å². The van der Waals surface area contributed by atoms with Crippen molar-refractivity contribution in [1.29, 1.82) is 0 Å². The lowest BCUT2D eigenvalue weighted by Crippen LogP contribution is -2.18. The minimum Gasteiger partial charge on any atom is -0.313 e. The quantitative estimate of drug-likeness (QED) is 0.865. The summed E-state index contributed by atoms with van der Waals surface area (Å²) in [7, 11) is 1.79. The average Bonchev–Trinajstić information content (AvgIpc) is 2.85. The summed E-state index contributed by atoms with van der Waals surface area (Å²) in [6.07, 6.45) is 1.68. The Morgan fingerprint density at radius 2 is 2.11 bits per heavy atom. The van der Waals surface area contributed by atoms with Gasteiger partial charge in [0.1, 0.15) is 11.6 Å². The molecule has 96 valence electrons. The first kappa shape index (κ1) is 13.2. The molecular formula is C14H15F2NS. The van der Waals surface area contributed by atoms with E-state index in [4.69, 9.17) is 0 Å². The third kappa shape index (κ3) is 3.15. The second-order valence-corrected chi connectivity index (χ2v) is 5.16. The second kappa shape index (κ2) is 6.07. The predicted molar refractivity (Wildman–Crippen MR) is 70.8 cm³/mol. The highest BCUT2D eigenvalue weighted by Crippen LogP contribution is 2.23. The number of benzene rings is 1. The number of aryl methyl sites for hydroxylation is 1. The molecule has 1 aromatic carbocycles. The normalized spacial score (nSPS) is 12.6. The van der Waals surface area contributed by atoms with E-state index in [0.717, 1.165) is 18.9 Å². The van der Waals surface area contributed by atoms with Crippen molar-refractivity contribution < 1.29 is 8.78 Å². The lowest BCUT2D eigenvalue weighted by atomic mass is 10.0. The zero-order valence-corrected chi connectivity index (χ0v) is 10.9. The smallest absolute Gasteiger partial charge is 0.130 e. The van der Waals surface area contributed by atoms with Gasteiger partial charge in [0.2, 0.25) is 0 Å². The van der Waals surface area contributed by atoms with Crippen LogP contribution < -0.4 is 5.32 Å². The molecule has 2 aromatic rings. The van der Waals surface area contributed by atoms with E-state index in [-0.39, 0.29) is 6.04 Å². The lowest BCUT2D eigenvalue weighted by Gasteiger charge is -2.17. The molecule has 0 saturated carbocycles. The van der Waals surface area contributed by atoms with E-state index >= 15 is 0 Å². The fourth-order valence-corrected chi connectivity index (χ4v) is 2.71. The summed E-state index contributed by atoms with van der Waals surface area (Å²) in [5, 5.41) is 5.11. The fraction of sp³-hybridized carbons (Fsp3) is 0.286. The molecular weight excluding hydrogens is 252 g/mol. The topological polar surface area (TPSA) is 12.0 Å². The van der Waals surface area contributed by atoms with Crippen LogP contribution in [0.15, 0.2) is 35.7 Å². The Morgan fingerprint density at radius 1 is 1.28 bits per heavy atom. The highest BCUT2D eigenvalue weighted by molar-refractivity contribution is 7.09. The molecule has 0 bridgehead atoms. The van der Waals surface area contributed by atoms with E-state index in [9.17, 15) is 8.78 Å². The third-order valence-electron chi connectivity index (χ3n) is 2.95. The Morgan fingerprint density at radius 3 is 2.72 bits per heavy atom. The van der Waals surface area contributed by atoms with E-state index < -0.39 is 11.6 Å². The van der Waals surface area contributed by atoms with Crippen LogP contribution in [0.4, 0.5) is 8.78 Å². The summed E-state index contributed by atoms with van der Waals surface area (Å²) in [5.74, 6) is -1.02. The number of hydrogen-bond acceptors (Lipinski definition) is 2. The van der Waals surface area contributed by atoms with E-state index in [2.05, 4.69) is 11.4 Å². The Labute approximate surface area is 109 Å². The van der Waals surface area contributed by atoms with Crippen LogP contribution in [0.2, 0.25) is 0 Å². The zero-order chi connectivity index (χ0) is 13.0. The molecule has 1 nitrogen and oxygen atoms in total. The molecule has 1 aromatic heterocycles. The molecule has 1 heterocycles. The molecule has 0 aliphatic rings. The van der Waals surface area contributed by atoms with Gasteiger partial charge < -0.3 is 5.32 Å². The van der Waals surface area contributed by atoms with Crippen molar-refractivity contribution in [2.75, 3.05) is 7.05 Å². The number of rotatable bonds is 5. The monoisotopic (exact) mass is 267 g/mol. The van der Waals surface area contributed by atoms with Crippen LogP contribution in [0.3, 0.4) is 0 Å². The molecule has 0 radical (unpaired) electrons. The summed E-state index contributed by atoms with van der Waals surface area (Å²) >= 11 is 1.70. The maximum Gasteiger partial charge on any atom is 0.130 e. The SMILES string of the molecule is CNC(CCc1cccs1)c1ccc(F)cc1F. The first-order valence-corrected chi connectivity index (χ1v) is 6.73. The standard InChI is InChI=1S/C14H15F2NS/c1-17-14(7-5-11-3-2-8-18-11)12-6-4-10(15)9-13(12)16/h2-4,6,8-9,14,17H,5,7H2,1H3. The predicted octanol–water partition coefficient (Wildman–Crippen LogP) is 3.92. The van der Waals surface area contributed by atoms with Crippen LogP contribution in [-0.2, 0) is 6.42 Å². The van der Waals surface area contributed by atoms with Crippen LogP contribution in [0, 0.1) is 11.6 Å². The van der Waals surface area contributed by atoms with Crippen LogP contribution in [-0.4, -0.2) is 7.05 Å². The maximum atomic E-state index is 13.7. The Bertz CT molecular complexity index is 497. The summed E-state index contributed by atoms with van der Waals surface area (Å²) in [6.45, 7) is 0. The van der Waals surface area contributed by atoms with Gasteiger partial charge in [-0.15, -0.1) is 11.3 Å². The van der Waals surface area contributed by atoms with Crippen molar-refractivity contribution in [3.8, 4) is 0 Å². The highest BCUT2D eigenvalue weighted by Gasteiger charge is 2.14. The number of thiophene rings is 1. The van der Waals surface area contributed by atoms with E-state index in [1.807, 2.05) is 11.4 Å². The number of hydrogen-bond donors (Lipinski definition) is 1.